The number of ether oxygens (including phenoxy) is 1. The molecule has 1 aliphatic heterocycles. The Morgan fingerprint density at radius 3 is 2.55 bits per heavy atom. The normalized spacial score (nSPS) is 18.6. The van der Waals surface area contributed by atoms with Crippen molar-refractivity contribution in [1.82, 2.24) is 10.6 Å². The first kappa shape index (κ1) is 14.4. The summed E-state index contributed by atoms with van der Waals surface area (Å²) in [6, 6.07) is 4.65. The zero-order valence-electron chi connectivity index (χ0n) is 10.5. The maximum atomic E-state index is 12.0. The van der Waals surface area contributed by atoms with E-state index in [2.05, 4.69) is 20.7 Å². The highest BCUT2D eigenvalue weighted by molar-refractivity contribution is 5.89. The molecule has 20 heavy (non-hydrogen) atoms. The van der Waals surface area contributed by atoms with E-state index in [4.69, 9.17) is 0 Å². The summed E-state index contributed by atoms with van der Waals surface area (Å²) in [6.45, 7) is 1.57. The van der Waals surface area contributed by atoms with E-state index in [1.54, 1.807) is 0 Å². The maximum Gasteiger partial charge on any atom is 0.573 e. The summed E-state index contributed by atoms with van der Waals surface area (Å²) in [5, 5.41) is 8.41. The van der Waals surface area contributed by atoms with Crippen LogP contribution in [-0.4, -0.2) is 31.5 Å². The summed E-state index contributed by atoms with van der Waals surface area (Å²) in [6.07, 6.45) is -3.87. The predicted octanol–water partition coefficient (Wildman–Crippen LogP) is 2.07. The van der Waals surface area contributed by atoms with Crippen molar-refractivity contribution in [2.45, 2.75) is 18.8 Å². The smallest absolute Gasteiger partial charge is 0.406 e. The van der Waals surface area contributed by atoms with E-state index in [0.717, 1.165) is 25.1 Å². The fraction of sp³-hybridized carbons (Fsp3) is 0.417. The van der Waals surface area contributed by atoms with Crippen molar-refractivity contribution in [3.05, 3.63) is 24.3 Å². The highest BCUT2D eigenvalue weighted by Gasteiger charge is 2.30. The summed E-state index contributed by atoms with van der Waals surface area (Å²) >= 11 is 0. The maximum absolute atomic E-state index is 12.0. The fourth-order valence-corrected chi connectivity index (χ4v) is 1.87. The van der Waals surface area contributed by atoms with Gasteiger partial charge in [-0.2, -0.15) is 0 Å². The summed E-state index contributed by atoms with van der Waals surface area (Å²) in [7, 11) is 0. The predicted molar refractivity (Wildman–Crippen MR) is 66.6 cm³/mol. The third-order valence-corrected chi connectivity index (χ3v) is 2.74. The lowest BCUT2D eigenvalue weighted by Gasteiger charge is -2.13. The monoisotopic (exact) mass is 289 g/mol. The Kier molecular flexibility index (Phi) is 4.33. The van der Waals surface area contributed by atoms with Gasteiger partial charge >= 0.3 is 12.4 Å². The average molecular weight is 289 g/mol. The van der Waals surface area contributed by atoms with Crippen LogP contribution in [0.4, 0.5) is 23.7 Å². The molecule has 2 amide bonds. The molecule has 1 saturated heterocycles. The van der Waals surface area contributed by atoms with E-state index in [1.807, 2.05) is 0 Å². The van der Waals surface area contributed by atoms with Gasteiger partial charge in [-0.05, 0) is 37.2 Å². The van der Waals surface area contributed by atoms with Crippen LogP contribution in [0.3, 0.4) is 0 Å². The molecule has 8 heteroatoms. The Morgan fingerprint density at radius 2 is 2.00 bits per heavy atom. The van der Waals surface area contributed by atoms with Crippen molar-refractivity contribution < 1.29 is 22.7 Å². The lowest BCUT2D eigenvalue weighted by molar-refractivity contribution is -0.274. The summed E-state index contributed by atoms with van der Waals surface area (Å²) < 4.78 is 39.6. The Labute approximate surface area is 113 Å². The van der Waals surface area contributed by atoms with Gasteiger partial charge in [-0.15, -0.1) is 13.2 Å². The minimum absolute atomic E-state index is 0.0721. The molecule has 0 unspecified atom stereocenters. The van der Waals surface area contributed by atoms with E-state index < -0.39 is 6.36 Å². The molecule has 1 heterocycles. The molecular weight excluding hydrogens is 275 g/mol. The first-order valence-electron chi connectivity index (χ1n) is 6.06. The van der Waals surface area contributed by atoms with Crippen LogP contribution in [0.1, 0.15) is 6.42 Å². The molecule has 0 saturated carbocycles. The van der Waals surface area contributed by atoms with Crippen molar-refractivity contribution in [2.24, 2.45) is 0 Å². The van der Waals surface area contributed by atoms with Gasteiger partial charge in [0.1, 0.15) is 5.75 Å². The zero-order valence-corrected chi connectivity index (χ0v) is 10.5. The molecule has 0 spiro atoms. The summed E-state index contributed by atoms with van der Waals surface area (Å²) in [4.78, 5) is 11.6. The highest BCUT2D eigenvalue weighted by Crippen LogP contribution is 2.23. The van der Waals surface area contributed by atoms with Crippen LogP contribution in [0, 0.1) is 0 Å². The molecule has 1 fully saturated rings. The quantitative estimate of drug-likeness (QED) is 0.798. The second-order valence-electron chi connectivity index (χ2n) is 4.36. The minimum Gasteiger partial charge on any atom is -0.406 e. The van der Waals surface area contributed by atoms with Gasteiger partial charge in [0.15, 0.2) is 0 Å². The van der Waals surface area contributed by atoms with Gasteiger partial charge in [0.05, 0.1) is 0 Å². The number of alkyl halides is 3. The molecule has 0 aromatic heterocycles. The standard InChI is InChI=1S/C12H14F3N3O2/c13-12(14,15)20-10-3-1-8(2-4-10)17-11(19)18-9-5-6-16-7-9/h1-4,9,16H,5-7H2,(H2,17,18,19)/t9-/m1/s1. The zero-order chi connectivity index (χ0) is 14.6. The number of carbonyl (C=O) groups excluding carboxylic acids is 1. The van der Waals surface area contributed by atoms with Gasteiger partial charge in [-0.1, -0.05) is 0 Å². The first-order chi connectivity index (χ1) is 9.42. The summed E-state index contributed by atoms with van der Waals surface area (Å²) in [5.41, 5.74) is 0.392. The average Bonchev–Trinajstić information content (AvgIpc) is 2.82. The molecular formula is C12H14F3N3O2. The summed E-state index contributed by atoms with van der Waals surface area (Å²) in [5.74, 6) is -0.330. The molecule has 0 radical (unpaired) electrons. The number of urea groups is 1. The highest BCUT2D eigenvalue weighted by atomic mass is 19.4. The Balaban J connectivity index is 1.85. The largest absolute Gasteiger partial charge is 0.573 e. The number of hydrogen-bond donors (Lipinski definition) is 3. The van der Waals surface area contributed by atoms with Gasteiger partial charge in [0, 0.05) is 18.3 Å². The van der Waals surface area contributed by atoms with Crippen molar-refractivity contribution in [3.8, 4) is 5.75 Å². The Morgan fingerprint density at radius 1 is 1.30 bits per heavy atom. The van der Waals surface area contributed by atoms with Crippen molar-refractivity contribution in [2.75, 3.05) is 18.4 Å². The molecule has 1 aromatic rings. The topological polar surface area (TPSA) is 62.4 Å². The molecule has 110 valence electrons. The van der Waals surface area contributed by atoms with Crippen molar-refractivity contribution in [3.63, 3.8) is 0 Å². The van der Waals surface area contributed by atoms with Crippen LogP contribution in [0.5, 0.6) is 5.75 Å². The number of rotatable bonds is 3. The lowest BCUT2D eigenvalue weighted by Crippen LogP contribution is -2.39. The molecule has 2 rings (SSSR count). The number of hydrogen-bond acceptors (Lipinski definition) is 3. The molecule has 1 aliphatic rings. The third-order valence-electron chi connectivity index (χ3n) is 2.74. The molecule has 3 N–H and O–H groups in total. The van der Waals surface area contributed by atoms with Crippen LogP contribution < -0.4 is 20.7 Å². The van der Waals surface area contributed by atoms with Gasteiger partial charge in [0.25, 0.3) is 0 Å². The number of nitrogens with one attached hydrogen (secondary N) is 3. The Bertz CT molecular complexity index is 456. The van der Waals surface area contributed by atoms with Crippen LogP contribution in [0.2, 0.25) is 0 Å². The van der Waals surface area contributed by atoms with Crippen molar-refractivity contribution in [1.29, 1.82) is 0 Å². The molecule has 0 aliphatic carbocycles. The molecule has 5 nitrogen and oxygen atoms in total. The third kappa shape index (κ3) is 4.61. The number of halogens is 3. The van der Waals surface area contributed by atoms with Crippen LogP contribution >= 0.6 is 0 Å². The van der Waals surface area contributed by atoms with E-state index in [9.17, 15) is 18.0 Å². The van der Waals surface area contributed by atoms with E-state index in [1.165, 1.54) is 12.1 Å². The van der Waals surface area contributed by atoms with Crippen LogP contribution in [-0.2, 0) is 0 Å². The van der Waals surface area contributed by atoms with E-state index in [-0.39, 0.29) is 17.8 Å². The fourth-order valence-electron chi connectivity index (χ4n) is 1.87. The Hall–Kier alpha value is -1.96. The van der Waals surface area contributed by atoms with E-state index >= 15 is 0 Å². The number of amides is 2. The van der Waals surface area contributed by atoms with Crippen LogP contribution in [0.15, 0.2) is 24.3 Å². The second kappa shape index (κ2) is 6.00. The van der Waals surface area contributed by atoms with Gasteiger partial charge in [-0.25, -0.2) is 4.79 Å². The van der Waals surface area contributed by atoms with Crippen molar-refractivity contribution >= 4 is 11.7 Å². The van der Waals surface area contributed by atoms with Crippen LogP contribution in [0.25, 0.3) is 0 Å². The molecule has 0 bridgehead atoms. The van der Waals surface area contributed by atoms with Gasteiger partial charge in [0.2, 0.25) is 0 Å². The number of carbonyl (C=O) groups is 1. The second-order valence-corrected chi connectivity index (χ2v) is 4.36. The lowest BCUT2D eigenvalue weighted by atomic mass is 10.2. The number of benzene rings is 1. The molecule has 1 atom stereocenters. The van der Waals surface area contributed by atoms with Gasteiger partial charge in [-0.3, -0.25) is 0 Å². The van der Waals surface area contributed by atoms with Gasteiger partial charge < -0.3 is 20.7 Å². The molecule has 1 aromatic carbocycles. The number of anilines is 1. The first-order valence-corrected chi connectivity index (χ1v) is 6.06. The van der Waals surface area contributed by atoms with E-state index in [0.29, 0.717) is 12.2 Å². The minimum atomic E-state index is -4.72. The SMILES string of the molecule is O=C(Nc1ccc(OC(F)(F)F)cc1)N[C@@H]1CCNC1.